The summed E-state index contributed by atoms with van der Waals surface area (Å²) < 4.78 is 5.75. The Morgan fingerprint density at radius 1 is 1.30 bits per heavy atom. The summed E-state index contributed by atoms with van der Waals surface area (Å²) in [6.45, 7) is 8.26. The fourth-order valence-electron chi connectivity index (χ4n) is 3.11. The van der Waals surface area contributed by atoms with Crippen LogP contribution in [0.5, 0.6) is 0 Å². The van der Waals surface area contributed by atoms with E-state index in [1.54, 1.807) is 0 Å². The van der Waals surface area contributed by atoms with Crippen LogP contribution in [0.25, 0.3) is 0 Å². The van der Waals surface area contributed by atoms with Crippen molar-refractivity contribution in [1.29, 1.82) is 0 Å². The van der Waals surface area contributed by atoms with Crippen LogP contribution in [0, 0.1) is 11.8 Å². The first kappa shape index (κ1) is 17.7. The van der Waals surface area contributed by atoms with Gasteiger partial charge in [0, 0.05) is 24.6 Å². The maximum atomic E-state index is 12.3. The zero-order valence-electron chi connectivity index (χ0n) is 12.9. The molecule has 118 valence electrons. The Kier molecular flexibility index (Phi) is 7.27. The first-order chi connectivity index (χ1) is 9.06. The maximum absolute atomic E-state index is 12.3. The van der Waals surface area contributed by atoms with Crippen molar-refractivity contribution in [3.05, 3.63) is 0 Å². The number of rotatable bonds is 3. The highest BCUT2D eigenvalue weighted by atomic mass is 35.5. The van der Waals surface area contributed by atoms with Crippen molar-refractivity contribution in [3.8, 4) is 0 Å². The molecule has 2 heterocycles. The monoisotopic (exact) mass is 304 g/mol. The third-order valence-electron chi connectivity index (χ3n) is 4.40. The van der Waals surface area contributed by atoms with Crippen LogP contribution in [0.1, 0.15) is 46.5 Å². The first-order valence-corrected chi connectivity index (χ1v) is 7.71. The van der Waals surface area contributed by atoms with Crippen LogP contribution in [-0.2, 0) is 9.53 Å². The molecule has 0 radical (unpaired) electrons. The largest absolute Gasteiger partial charge is 0.378 e. The van der Waals surface area contributed by atoms with Crippen molar-refractivity contribution in [3.63, 3.8) is 0 Å². The Bertz CT molecular complexity index is 312. The lowest BCUT2D eigenvalue weighted by Crippen LogP contribution is -2.48. The van der Waals surface area contributed by atoms with E-state index in [4.69, 9.17) is 4.74 Å². The summed E-state index contributed by atoms with van der Waals surface area (Å²) in [4.78, 5) is 12.3. The second kappa shape index (κ2) is 8.20. The van der Waals surface area contributed by atoms with E-state index < -0.39 is 0 Å². The van der Waals surface area contributed by atoms with E-state index in [0.29, 0.717) is 24.1 Å². The molecule has 0 spiro atoms. The summed E-state index contributed by atoms with van der Waals surface area (Å²) in [7, 11) is 0. The van der Waals surface area contributed by atoms with Crippen LogP contribution in [0.2, 0.25) is 0 Å². The third-order valence-corrected chi connectivity index (χ3v) is 4.40. The molecule has 2 aliphatic heterocycles. The van der Waals surface area contributed by atoms with Crippen LogP contribution in [-0.4, -0.2) is 37.2 Å². The van der Waals surface area contributed by atoms with E-state index in [-0.39, 0.29) is 24.2 Å². The van der Waals surface area contributed by atoms with Crippen molar-refractivity contribution in [2.75, 3.05) is 13.2 Å². The summed E-state index contributed by atoms with van der Waals surface area (Å²) in [5, 5.41) is 6.64. The topological polar surface area (TPSA) is 50.4 Å². The van der Waals surface area contributed by atoms with E-state index in [2.05, 4.69) is 31.4 Å². The van der Waals surface area contributed by atoms with Gasteiger partial charge in [-0.2, -0.15) is 0 Å². The molecule has 2 aliphatic rings. The standard InChI is InChI=1S/C15H28N2O2.ClH/c1-10(2)14-9-13(5-7-19-14)17-15(18)12-4-6-16-11(3)8-12;/h10-14,16H,4-9H2,1-3H3,(H,17,18);1H/t11-,12-,13?,14?;/m0./s1. The van der Waals surface area contributed by atoms with Crippen LogP contribution in [0.4, 0.5) is 0 Å². The van der Waals surface area contributed by atoms with Crippen molar-refractivity contribution < 1.29 is 9.53 Å². The number of carbonyl (C=O) groups is 1. The number of piperidine rings is 1. The summed E-state index contributed by atoms with van der Waals surface area (Å²) in [6, 6.07) is 0.765. The highest BCUT2D eigenvalue weighted by molar-refractivity contribution is 5.85. The quantitative estimate of drug-likeness (QED) is 0.840. The van der Waals surface area contributed by atoms with E-state index in [1.165, 1.54) is 0 Å². The zero-order valence-corrected chi connectivity index (χ0v) is 13.7. The molecular formula is C15H29ClN2O2. The lowest BCUT2D eigenvalue weighted by atomic mass is 9.91. The number of hydrogen-bond donors (Lipinski definition) is 2. The van der Waals surface area contributed by atoms with E-state index >= 15 is 0 Å². The molecule has 2 rings (SSSR count). The van der Waals surface area contributed by atoms with Crippen molar-refractivity contribution in [2.24, 2.45) is 11.8 Å². The number of hydrogen-bond acceptors (Lipinski definition) is 3. The Balaban J connectivity index is 0.00000200. The molecule has 4 nitrogen and oxygen atoms in total. The number of halogens is 1. The van der Waals surface area contributed by atoms with Gasteiger partial charge in [0.1, 0.15) is 0 Å². The predicted octanol–water partition coefficient (Wildman–Crippen LogP) is 2.12. The average molecular weight is 305 g/mol. The Morgan fingerprint density at radius 2 is 2.05 bits per heavy atom. The molecule has 0 aromatic carbocycles. The molecule has 2 N–H and O–H groups in total. The predicted molar refractivity (Wildman–Crippen MR) is 83.2 cm³/mol. The Morgan fingerprint density at radius 3 is 2.70 bits per heavy atom. The molecule has 4 atom stereocenters. The van der Waals surface area contributed by atoms with Gasteiger partial charge in [-0.3, -0.25) is 4.79 Å². The SMILES string of the molecule is CC(C)C1CC(NC(=O)[C@H]2CCN[C@@H](C)C2)CCO1.Cl. The second-order valence-corrected chi connectivity index (χ2v) is 6.46. The number of carbonyl (C=O) groups excluding carboxylic acids is 1. The molecule has 0 aromatic heterocycles. The van der Waals surface area contributed by atoms with Crippen molar-refractivity contribution >= 4 is 18.3 Å². The highest BCUT2D eigenvalue weighted by Gasteiger charge is 2.29. The minimum absolute atomic E-state index is 0. The summed E-state index contributed by atoms with van der Waals surface area (Å²) in [5.74, 6) is 0.970. The van der Waals surface area contributed by atoms with Gasteiger partial charge in [-0.15, -0.1) is 12.4 Å². The summed E-state index contributed by atoms with van der Waals surface area (Å²) in [6.07, 6.45) is 4.14. The third kappa shape index (κ3) is 4.90. The van der Waals surface area contributed by atoms with Gasteiger partial charge in [-0.25, -0.2) is 0 Å². The van der Waals surface area contributed by atoms with Crippen molar-refractivity contribution in [2.45, 2.75) is 64.6 Å². The number of nitrogens with one attached hydrogen (secondary N) is 2. The zero-order chi connectivity index (χ0) is 13.8. The van der Waals surface area contributed by atoms with Crippen LogP contribution < -0.4 is 10.6 Å². The lowest BCUT2D eigenvalue weighted by molar-refractivity contribution is -0.128. The lowest BCUT2D eigenvalue weighted by Gasteiger charge is -2.34. The molecule has 2 unspecified atom stereocenters. The first-order valence-electron chi connectivity index (χ1n) is 7.71. The van der Waals surface area contributed by atoms with E-state index in [9.17, 15) is 4.79 Å². The molecule has 2 fully saturated rings. The van der Waals surface area contributed by atoms with Gasteiger partial charge in [0.2, 0.25) is 5.91 Å². The second-order valence-electron chi connectivity index (χ2n) is 6.46. The number of ether oxygens (including phenoxy) is 1. The van der Waals surface area contributed by atoms with Crippen LogP contribution >= 0.6 is 12.4 Å². The minimum Gasteiger partial charge on any atom is -0.378 e. The van der Waals surface area contributed by atoms with Gasteiger partial charge in [0.15, 0.2) is 0 Å². The van der Waals surface area contributed by atoms with Gasteiger partial charge >= 0.3 is 0 Å². The van der Waals surface area contributed by atoms with Crippen LogP contribution in [0.3, 0.4) is 0 Å². The molecule has 0 saturated carbocycles. The average Bonchev–Trinajstić information content (AvgIpc) is 2.39. The highest BCUT2D eigenvalue weighted by Crippen LogP contribution is 2.22. The van der Waals surface area contributed by atoms with Gasteiger partial charge < -0.3 is 15.4 Å². The van der Waals surface area contributed by atoms with Gasteiger partial charge in [0.05, 0.1) is 6.10 Å². The molecule has 20 heavy (non-hydrogen) atoms. The van der Waals surface area contributed by atoms with Crippen LogP contribution in [0.15, 0.2) is 0 Å². The molecule has 5 heteroatoms. The fraction of sp³-hybridized carbons (Fsp3) is 0.933. The molecular weight excluding hydrogens is 276 g/mol. The minimum atomic E-state index is 0. The maximum Gasteiger partial charge on any atom is 0.223 e. The molecule has 0 bridgehead atoms. The van der Waals surface area contributed by atoms with Crippen molar-refractivity contribution in [1.82, 2.24) is 10.6 Å². The Labute approximate surface area is 128 Å². The summed E-state index contributed by atoms with van der Waals surface area (Å²) >= 11 is 0. The van der Waals surface area contributed by atoms with Gasteiger partial charge in [-0.1, -0.05) is 13.8 Å². The normalized spacial score (nSPS) is 34.4. The summed E-state index contributed by atoms with van der Waals surface area (Å²) in [5.41, 5.74) is 0. The fourth-order valence-corrected chi connectivity index (χ4v) is 3.11. The molecule has 1 amide bonds. The smallest absolute Gasteiger partial charge is 0.223 e. The van der Waals surface area contributed by atoms with Gasteiger partial charge in [0.25, 0.3) is 0 Å². The van der Waals surface area contributed by atoms with E-state index in [0.717, 1.165) is 38.8 Å². The molecule has 0 aromatic rings. The van der Waals surface area contributed by atoms with E-state index in [1.807, 2.05) is 0 Å². The van der Waals surface area contributed by atoms with Gasteiger partial charge in [-0.05, 0) is 45.1 Å². The molecule has 2 saturated heterocycles. The Hall–Kier alpha value is -0.320. The molecule has 0 aliphatic carbocycles. The number of amides is 1.